The monoisotopic (exact) mass is 219 g/mol. The number of carbonyl (C=O) groups excluding carboxylic acids is 1. The molecule has 16 heavy (non-hydrogen) atoms. The largest absolute Gasteiger partial charge is 0.323 e. The van der Waals surface area contributed by atoms with E-state index in [1.54, 1.807) is 18.2 Å². The summed E-state index contributed by atoms with van der Waals surface area (Å²) in [6.07, 6.45) is 6.61. The molecule has 1 aromatic rings. The van der Waals surface area contributed by atoms with Crippen LogP contribution in [0.5, 0.6) is 0 Å². The molecule has 0 saturated heterocycles. The Morgan fingerprint density at radius 1 is 1.31 bits per heavy atom. The molecule has 2 nitrogen and oxygen atoms in total. The summed E-state index contributed by atoms with van der Waals surface area (Å²) in [5.41, 5.74) is 0.266. The van der Waals surface area contributed by atoms with E-state index in [1.165, 1.54) is 6.07 Å². The van der Waals surface area contributed by atoms with Gasteiger partial charge in [0.1, 0.15) is 5.82 Å². The number of amides is 1. The number of rotatable bonds is 2. The molecule has 1 aliphatic carbocycles. The molecule has 2 rings (SSSR count). The zero-order chi connectivity index (χ0) is 11.4. The van der Waals surface area contributed by atoms with Crippen LogP contribution in [0.4, 0.5) is 10.1 Å². The molecule has 0 aliphatic heterocycles. The molecule has 1 N–H and O–H groups in total. The second-order valence-electron chi connectivity index (χ2n) is 3.95. The fourth-order valence-corrected chi connectivity index (χ4v) is 1.83. The lowest BCUT2D eigenvalue weighted by Crippen LogP contribution is -2.23. The van der Waals surface area contributed by atoms with Gasteiger partial charge in [-0.25, -0.2) is 4.39 Å². The van der Waals surface area contributed by atoms with Crippen LogP contribution in [0, 0.1) is 11.7 Å². The van der Waals surface area contributed by atoms with E-state index in [2.05, 4.69) is 11.4 Å². The molecule has 0 spiro atoms. The minimum absolute atomic E-state index is 0.0235. The summed E-state index contributed by atoms with van der Waals surface area (Å²) >= 11 is 0. The van der Waals surface area contributed by atoms with Crippen LogP contribution in [-0.4, -0.2) is 5.91 Å². The Morgan fingerprint density at radius 2 is 2.12 bits per heavy atom. The molecule has 0 unspecified atom stereocenters. The molecule has 3 heteroatoms. The SMILES string of the molecule is O=C(Nc1ccccc1F)[C@@H]1CC=CCC1. The molecule has 84 valence electrons. The van der Waals surface area contributed by atoms with Gasteiger partial charge in [0.15, 0.2) is 0 Å². The molecule has 1 amide bonds. The summed E-state index contributed by atoms with van der Waals surface area (Å²) in [7, 11) is 0. The number of carbonyl (C=O) groups is 1. The van der Waals surface area contributed by atoms with Gasteiger partial charge in [0.05, 0.1) is 5.69 Å². The summed E-state index contributed by atoms with van der Waals surface area (Å²) in [5.74, 6) is -0.499. The first kappa shape index (κ1) is 10.9. The number of nitrogens with one attached hydrogen (secondary N) is 1. The van der Waals surface area contributed by atoms with Gasteiger partial charge in [-0.05, 0) is 31.4 Å². The fraction of sp³-hybridized carbons (Fsp3) is 0.308. The maximum Gasteiger partial charge on any atom is 0.227 e. The third kappa shape index (κ3) is 2.48. The molecule has 0 radical (unpaired) electrons. The lowest BCUT2D eigenvalue weighted by molar-refractivity contribution is -0.120. The van der Waals surface area contributed by atoms with Gasteiger partial charge in [-0.2, -0.15) is 0 Å². The molecule has 1 atom stereocenters. The second kappa shape index (κ2) is 4.92. The smallest absolute Gasteiger partial charge is 0.227 e. The average molecular weight is 219 g/mol. The van der Waals surface area contributed by atoms with Gasteiger partial charge in [-0.3, -0.25) is 4.79 Å². The van der Waals surface area contributed by atoms with Crippen molar-refractivity contribution in [2.24, 2.45) is 5.92 Å². The van der Waals surface area contributed by atoms with Crippen LogP contribution < -0.4 is 5.32 Å². The normalized spacial score (nSPS) is 19.4. The van der Waals surface area contributed by atoms with Crippen molar-refractivity contribution in [1.29, 1.82) is 0 Å². The maximum absolute atomic E-state index is 13.3. The third-order valence-electron chi connectivity index (χ3n) is 2.77. The van der Waals surface area contributed by atoms with Gasteiger partial charge in [0.25, 0.3) is 0 Å². The van der Waals surface area contributed by atoms with E-state index < -0.39 is 0 Å². The van der Waals surface area contributed by atoms with E-state index in [1.807, 2.05) is 6.08 Å². The standard InChI is InChI=1S/C13H14FNO/c14-11-8-4-5-9-12(11)15-13(16)10-6-2-1-3-7-10/h1-2,4-5,8-10H,3,6-7H2,(H,15,16)/t10-/m1/s1. The number of anilines is 1. The van der Waals surface area contributed by atoms with Gasteiger partial charge in [-0.1, -0.05) is 24.3 Å². The number of hydrogen-bond donors (Lipinski definition) is 1. The highest BCUT2D eigenvalue weighted by Crippen LogP contribution is 2.21. The van der Waals surface area contributed by atoms with E-state index in [9.17, 15) is 9.18 Å². The van der Waals surface area contributed by atoms with Crippen molar-refractivity contribution < 1.29 is 9.18 Å². The van der Waals surface area contributed by atoms with Crippen molar-refractivity contribution in [2.45, 2.75) is 19.3 Å². The van der Waals surface area contributed by atoms with Crippen molar-refractivity contribution in [1.82, 2.24) is 0 Å². The number of benzene rings is 1. The van der Waals surface area contributed by atoms with Crippen molar-refractivity contribution in [3.63, 3.8) is 0 Å². The Kier molecular flexibility index (Phi) is 3.34. The predicted molar refractivity (Wildman–Crippen MR) is 61.5 cm³/mol. The Labute approximate surface area is 94.2 Å². The van der Waals surface area contributed by atoms with Crippen molar-refractivity contribution in [3.8, 4) is 0 Å². The minimum atomic E-state index is -0.387. The van der Waals surface area contributed by atoms with Gasteiger partial charge in [0, 0.05) is 5.92 Å². The van der Waals surface area contributed by atoms with Crippen LogP contribution in [0.3, 0.4) is 0 Å². The summed E-state index contributed by atoms with van der Waals surface area (Å²) < 4.78 is 13.3. The first-order chi connectivity index (χ1) is 7.77. The number of halogens is 1. The van der Waals surface area contributed by atoms with Gasteiger partial charge >= 0.3 is 0 Å². The number of hydrogen-bond acceptors (Lipinski definition) is 1. The van der Waals surface area contributed by atoms with E-state index in [0.717, 1.165) is 19.3 Å². The predicted octanol–water partition coefficient (Wildman–Crippen LogP) is 3.12. The molecule has 1 aliphatic rings. The topological polar surface area (TPSA) is 29.1 Å². The molecule has 0 heterocycles. The highest BCUT2D eigenvalue weighted by molar-refractivity contribution is 5.92. The average Bonchev–Trinajstić information content (AvgIpc) is 2.33. The minimum Gasteiger partial charge on any atom is -0.323 e. The molecule has 0 fully saturated rings. The van der Waals surface area contributed by atoms with Crippen molar-refractivity contribution in [2.75, 3.05) is 5.32 Å². The highest BCUT2D eigenvalue weighted by atomic mass is 19.1. The third-order valence-corrected chi connectivity index (χ3v) is 2.77. The second-order valence-corrected chi connectivity index (χ2v) is 3.95. The first-order valence-corrected chi connectivity index (χ1v) is 5.48. The molecule has 0 bridgehead atoms. The Morgan fingerprint density at radius 3 is 2.81 bits per heavy atom. The molecule has 0 saturated carbocycles. The van der Waals surface area contributed by atoms with Gasteiger partial charge < -0.3 is 5.32 Å². The van der Waals surface area contributed by atoms with Crippen LogP contribution >= 0.6 is 0 Å². The highest BCUT2D eigenvalue weighted by Gasteiger charge is 2.19. The zero-order valence-electron chi connectivity index (χ0n) is 8.95. The van der Waals surface area contributed by atoms with Gasteiger partial charge in [-0.15, -0.1) is 0 Å². The van der Waals surface area contributed by atoms with Gasteiger partial charge in [0.2, 0.25) is 5.91 Å². The van der Waals surface area contributed by atoms with Crippen molar-refractivity contribution in [3.05, 3.63) is 42.2 Å². The van der Waals surface area contributed by atoms with Crippen LogP contribution in [0.1, 0.15) is 19.3 Å². The van der Waals surface area contributed by atoms with E-state index in [0.29, 0.717) is 0 Å². The first-order valence-electron chi connectivity index (χ1n) is 5.48. The van der Waals surface area contributed by atoms with E-state index in [4.69, 9.17) is 0 Å². The maximum atomic E-state index is 13.3. The lowest BCUT2D eigenvalue weighted by atomic mass is 9.93. The Balaban J connectivity index is 2.02. The Hall–Kier alpha value is -1.64. The zero-order valence-corrected chi connectivity index (χ0v) is 8.95. The quantitative estimate of drug-likeness (QED) is 0.761. The Bertz CT molecular complexity index is 414. The number of allylic oxidation sites excluding steroid dienone is 2. The molecular weight excluding hydrogens is 205 g/mol. The van der Waals surface area contributed by atoms with Crippen molar-refractivity contribution >= 4 is 11.6 Å². The molecule has 0 aromatic heterocycles. The van der Waals surface area contributed by atoms with Crippen LogP contribution in [0.2, 0.25) is 0 Å². The van der Waals surface area contributed by atoms with Crippen LogP contribution in [0.15, 0.2) is 36.4 Å². The van der Waals surface area contributed by atoms with Crippen LogP contribution in [0.25, 0.3) is 0 Å². The summed E-state index contributed by atoms with van der Waals surface area (Å²) in [6.45, 7) is 0. The van der Waals surface area contributed by atoms with E-state index >= 15 is 0 Å². The summed E-state index contributed by atoms with van der Waals surface area (Å²) in [5, 5.41) is 2.63. The van der Waals surface area contributed by atoms with Crippen LogP contribution in [-0.2, 0) is 4.79 Å². The number of para-hydroxylation sites is 1. The molecular formula is C13H14FNO. The summed E-state index contributed by atoms with van der Waals surface area (Å²) in [4.78, 5) is 11.8. The summed E-state index contributed by atoms with van der Waals surface area (Å²) in [6, 6.07) is 6.23. The fourth-order valence-electron chi connectivity index (χ4n) is 1.83. The molecule has 1 aromatic carbocycles. The lowest BCUT2D eigenvalue weighted by Gasteiger charge is -2.17. The van der Waals surface area contributed by atoms with E-state index in [-0.39, 0.29) is 23.3 Å².